The molecule has 100 valence electrons. The normalized spacial score (nSPS) is 14.8. The van der Waals surface area contributed by atoms with Crippen molar-refractivity contribution in [2.24, 2.45) is 0 Å². The molecule has 4 rings (SSSR count). The highest BCUT2D eigenvalue weighted by Gasteiger charge is 2.29. The number of aromatic nitrogens is 2. The minimum Gasteiger partial charge on any atom is -0.478 e. The Morgan fingerprint density at radius 1 is 1.40 bits per heavy atom. The summed E-state index contributed by atoms with van der Waals surface area (Å²) in [5, 5.41) is 13.7. The molecule has 0 amide bonds. The number of pyridine rings is 1. The standard InChI is InChI=1S/C14H10N2O4/c17-14(18)8-6-9(7-3-4-7)15-13-11(8)12(16-20-13)10-2-1-5-19-10/h1-2,5-7H,3-4H2,(H,17,18). The molecule has 0 aromatic carbocycles. The molecule has 3 aromatic rings. The molecule has 1 N–H and O–H groups in total. The van der Waals surface area contributed by atoms with Gasteiger partial charge in [0.1, 0.15) is 0 Å². The number of carboxylic acids is 1. The lowest BCUT2D eigenvalue weighted by Gasteiger charge is -2.01. The van der Waals surface area contributed by atoms with E-state index in [9.17, 15) is 9.90 Å². The summed E-state index contributed by atoms with van der Waals surface area (Å²) in [5.41, 5.74) is 1.54. The highest BCUT2D eigenvalue weighted by atomic mass is 16.5. The lowest BCUT2D eigenvalue weighted by Crippen LogP contribution is -2.01. The summed E-state index contributed by atoms with van der Waals surface area (Å²) in [6.07, 6.45) is 3.58. The molecule has 0 unspecified atom stereocenters. The summed E-state index contributed by atoms with van der Waals surface area (Å²) in [7, 11) is 0. The second-order valence-corrected chi connectivity index (χ2v) is 4.86. The Balaban J connectivity index is 2.01. The molecule has 20 heavy (non-hydrogen) atoms. The van der Waals surface area contributed by atoms with Gasteiger partial charge in [0, 0.05) is 11.6 Å². The molecule has 0 bridgehead atoms. The fraction of sp³-hybridized carbons (Fsp3) is 0.214. The van der Waals surface area contributed by atoms with Crippen LogP contribution in [-0.2, 0) is 0 Å². The van der Waals surface area contributed by atoms with Crippen molar-refractivity contribution in [2.75, 3.05) is 0 Å². The molecule has 6 nitrogen and oxygen atoms in total. The number of carboxylic acid groups (broad SMARTS) is 1. The van der Waals surface area contributed by atoms with Crippen LogP contribution < -0.4 is 0 Å². The third-order valence-electron chi connectivity index (χ3n) is 3.45. The molecule has 1 aliphatic carbocycles. The van der Waals surface area contributed by atoms with E-state index in [-0.39, 0.29) is 11.3 Å². The maximum absolute atomic E-state index is 11.5. The Morgan fingerprint density at radius 2 is 2.25 bits per heavy atom. The number of fused-ring (bicyclic) bond motifs is 1. The number of furan rings is 1. The molecule has 0 atom stereocenters. The van der Waals surface area contributed by atoms with E-state index in [2.05, 4.69) is 10.1 Å². The highest BCUT2D eigenvalue weighted by molar-refractivity contribution is 6.06. The lowest BCUT2D eigenvalue weighted by atomic mass is 10.1. The van der Waals surface area contributed by atoms with Gasteiger partial charge < -0.3 is 14.0 Å². The van der Waals surface area contributed by atoms with Crippen LogP contribution in [0.1, 0.15) is 34.8 Å². The van der Waals surface area contributed by atoms with Gasteiger partial charge in [-0.05, 0) is 31.0 Å². The van der Waals surface area contributed by atoms with Gasteiger partial charge in [-0.2, -0.15) is 0 Å². The third-order valence-corrected chi connectivity index (χ3v) is 3.45. The number of aromatic carboxylic acids is 1. The molecule has 1 saturated carbocycles. The topological polar surface area (TPSA) is 89.4 Å². The molecule has 0 radical (unpaired) electrons. The molecule has 0 spiro atoms. The highest BCUT2D eigenvalue weighted by Crippen LogP contribution is 2.41. The maximum atomic E-state index is 11.5. The van der Waals surface area contributed by atoms with Crippen molar-refractivity contribution in [1.82, 2.24) is 10.1 Å². The number of nitrogens with zero attached hydrogens (tertiary/aromatic N) is 2. The van der Waals surface area contributed by atoms with Crippen LogP contribution in [0.3, 0.4) is 0 Å². The first-order valence-corrected chi connectivity index (χ1v) is 6.31. The van der Waals surface area contributed by atoms with Crippen LogP contribution in [0.4, 0.5) is 0 Å². The first-order valence-electron chi connectivity index (χ1n) is 6.31. The SMILES string of the molecule is O=C(O)c1cc(C2CC2)nc2onc(-c3ccco3)c12. The van der Waals surface area contributed by atoms with Crippen LogP contribution in [0, 0.1) is 0 Å². The van der Waals surface area contributed by atoms with E-state index in [1.165, 1.54) is 6.26 Å². The van der Waals surface area contributed by atoms with Gasteiger partial charge in [-0.3, -0.25) is 0 Å². The summed E-state index contributed by atoms with van der Waals surface area (Å²) < 4.78 is 10.5. The zero-order valence-electron chi connectivity index (χ0n) is 10.4. The van der Waals surface area contributed by atoms with Gasteiger partial charge in [0.2, 0.25) is 0 Å². The van der Waals surface area contributed by atoms with Crippen molar-refractivity contribution >= 4 is 17.1 Å². The van der Waals surface area contributed by atoms with Crippen molar-refractivity contribution in [1.29, 1.82) is 0 Å². The molecule has 0 aliphatic heterocycles. The monoisotopic (exact) mass is 270 g/mol. The Labute approximate surface area is 113 Å². The summed E-state index contributed by atoms with van der Waals surface area (Å²) in [6.45, 7) is 0. The van der Waals surface area contributed by atoms with Crippen molar-refractivity contribution in [3.8, 4) is 11.5 Å². The Morgan fingerprint density at radius 3 is 2.90 bits per heavy atom. The summed E-state index contributed by atoms with van der Waals surface area (Å²) in [4.78, 5) is 15.9. The van der Waals surface area contributed by atoms with Gasteiger partial charge in [0.25, 0.3) is 5.71 Å². The molecule has 0 saturated heterocycles. The summed E-state index contributed by atoms with van der Waals surface area (Å²) in [5.74, 6) is -0.211. The predicted molar refractivity (Wildman–Crippen MR) is 68.4 cm³/mol. The Hall–Kier alpha value is -2.63. The van der Waals surface area contributed by atoms with E-state index >= 15 is 0 Å². The van der Waals surface area contributed by atoms with E-state index < -0.39 is 5.97 Å². The van der Waals surface area contributed by atoms with Crippen LogP contribution in [-0.4, -0.2) is 21.2 Å². The van der Waals surface area contributed by atoms with Crippen molar-refractivity contribution in [3.05, 3.63) is 35.7 Å². The zero-order chi connectivity index (χ0) is 13.7. The van der Waals surface area contributed by atoms with Crippen LogP contribution in [0.25, 0.3) is 22.6 Å². The molecular formula is C14H10N2O4. The smallest absolute Gasteiger partial charge is 0.336 e. The third kappa shape index (κ3) is 1.61. The second kappa shape index (κ2) is 3.93. The first kappa shape index (κ1) is 11.2. The van der Waals surface area contributed by atoms with E-state index in [0.717, 1.165) is 18.5 Å². The molecular weight excluding hydrogens is 260 g/mol. The van der Waals surface area contributed by atoms with Gasteiger partial charge >= 0.3 is 5.97 Å². The average molecular weight is 270 g/mol. The van der Waals surface area contributed by atoms with Gasteiger partial charge in [-0.15, -0.1) is 0 Å². The van der Waals surface area contributed by atoms with Crippen LogP contribution >= 0.6 is 0 Å². The Bertz CT molecular complexity index is 800. The number of carbonyl (C=O) groups is 1. The largest absolute Gasteiger partial charge is 0.478 e. The summed E-state index contributed by atoms with van der Waals surface area (Å²) in [6, 6.07) is 5.03. The van der Waals surface area contributed by atoms with E-state index in [4.69, 9.17) is 8.94 Å². The number of rotatable bonds is 3. The van der Waals surface area contributed by atoms with E-state index in [1.54, 1.807) is 18.2 Å². The Kier molecular flexibility index (Phi) is 2.20. The fourth-order valence-electron chi connectivity index (χ4n) is 2.31. The molecule has 3 aromatic heterocycles. The van der Waals surface area contributed by atoms with Crippen molar-refractivity contribution in [2.45, 2.75) is 18.8 Å². The second-order valence-electron chi connectivity index (χ2n) is 4.86. The summed E-state index contributed by atoms with van der Waals surface area (Å²) >= 11 is 0. The number of hydrogen-bond acceptors (Lipinski definition) is 5. The molecule has 1 fully saturated rings. The molecule has 1 aliphatic rings. The number of hydrogen-bond donors (Lipinski definition) is 1. The van der Waals surface area contributed by atoms with Gasteiger partial charge in [-0.1, -0.05) is 5.16 Å². The predicted octanol–water partition coefficient (Wildman–Crippen LogP) is 3.06. The molecule has 6 heteroatoms. The van der Waals surface area contributed by atoms with Crippen LogP contribution in [0.5, 0.6) is 0 Å². The van der Waals surface area contributed by atoms with Gasteiger partial charge in [0.15, 0.2) is 11.5 Å². The molecule has 3 heterocycles. The van der Waals surface area contributed by atoms with Crippen molar-refractivity contribution < 1.29 is 18.8 Å². The minimum atomic E-state index is -1.02. The zero-order valence-corrected chi connectivity index (χ0v) is 10.4. The lowest BCUT2D eigenvalue weighted by molar-refractivity contribution is 0.0699. The maximum Gasteiger partial charge on any atom is 0.336 e. The fourth-order valence-corrected chi connectivity index (χ4v) is 2.31. The van der Waals surface area contributed by atoms with Crippen molar-refractivity contribution in [3.63, 3.8) is 0 Å². The van der Waals surface area contributed by atoms with Gasteiger partial charge in [-0.25, -0.2) is 9.78 Å². The van der Waals surface area contributed by atoms with Gasteiger partial charge in [0.05, 0.1) is 17.2 Å². The average Bonchev–Trinajstić information content (AvgIpc) is 2.99. The van der Waals surface area contributed by atoms with Crippen LogP contribution in [0.15, 0.2) is 33.4 Å². The van der Waals surface area contributed by atoms with E-state index in [1.807, 2.05) is 0 Å². The quantitative estimate of drug-likeness (QED) is 0.786. The van der Waals surface area contributed by atoms with E-state index in [0.29, 0.717) is 22.8 Å². The minimum absolute atomic E-state index is 0.157. The van der Waals surface area contributed by atoms with Crippen LogP contribution in [0.2, 0.25) is 0 Å². The first-order chi connectivity index (χ1) is 9.74.